The molecular weight excluding hydrogens is 770 g/mol. The van der Waals surface area contributed by atoms with Crippen molar-refractivity contribution in [1.29, 1.82) is 5.53 Å². The molecule has 49 heteroatoms. The molecule has 0 saturated carbocycles. The van der Waals surface area contributed by atoms with Gasteiger partial charge in [-0.05, 0) is 153 Å². The average Bonchev–Trinajstić information content (AvgIpc) is 3.11. The number of nitrogens with one attached hydrogen (secondary N) is 1. The Morgan fingerprint density at radius 2 is 0.510 bits per heavy atom. The smallest absolute Gasteiger partial charge is 0.0559 e. The molecule has 0 heterocycles. The highest BCUT2D eigenvalue weighted by Crippen LogP contribution is 2.01. The lowest BCUT2D eigenvalue weighted by molar-refractivity contribution is -0.880. The van der Waals surface area contributed by atoms with Crippen LogP contribution in [0.15, 0.2) is 110 Å². The van der Waals surface area contributed by atoms with Crippen LogP contribution in [0.2, 0.25) is 0 Å². The van der Waals surface area contributed by atoms with Crippen LogP contribution in [0.25, 0.3) is 0 Å². The van der Waals surface area contributed by atoms with Crippen LogP contribution in [0, 0.1) is 5.53 Å². The minimum atomic E-state index is -0.331. The van der Waals surface area contributed by atoms with E-state index in [-0.39, 0.29) is 5.34 Å². The molecule has 0 saturated heterocycles. The maximum absolute atomic E-state index is 6.25. The summed E-state index contributed by atoms with van der Waals surface area (Å²) in [5.74, 6) is 0. The van der Waals surface area contributed by atoms with Crippen molar-refractivity contribution in [2.24, 2.45) is 110 Å². The zero-order valence-corrected chi connectivity index (χ0v) is 22.8. The minimum absolute atomic E-state index is 0.331. The van der Waals surface area contributed by atoms with Crippen LogP contribution in [-0.2, 0) is 119 Å². The molecule has 0 aliphatic heterocycles. The molecule has 0 atom stereocenters. The summed E-state index contributed by atoms with van der Waals surface area (Å²) in [5, 5.41) is 133. The van der Waals surface area contributed by atoms with Gasteiger partial charge in [0.1, 0.15) is 0 Å². The lowest BCUT2D eigenvalue weighted by Crippen LogP contribution is -2.19. The van der Waals surface area contributed by atoms with Crippen molar-refractivity contribution in [1.82, 2.24) is 5.34 Å². The van der Waals surface area contributed by atoms with Crippen LogP contribution in [0.5, 0.6) is 0 Å². The molecule has 1 N–H and O–H groups in total. The van der Waals surface area contributed by atoms with Crippen molar-refractivity contribution in [3.05, 3.63) is 0 Å². The molecule has 274 valence electrons. The molecule has 0 aliphatic carbocycles. The predicted molar refractivity (Wildman–Crippen MR) is 99.6 cm³/mol. The topological polar surface area (TPSA) is 508 Å². The summed E-state index contributed by atoms with van der Waals surface area (Å²) in [5.41, 5.74) is 6.25. The van der Waals surface area contributed by atoms with Crippen molar-refractivity contribution < 1.29 is 119 Å². The van der Waals surface area contributed by atoms with E-state index >= 15 is 0 Å². The monoisotopic (exact) mass is 773 g/mol. The van der Waals surface area contributed by atoms with E-state index in [2.05, 4.69) is 255 Å². The molecule has 0 rings (SSSR count). The number of rotatable bonds is 35. The Bertz CT molecular complexity index is 1000. The van der Waals surface area contributed by atoms with E-state index in [0.29, 0.717) is 0 Å². The summed E-state index contributed by atoms with van der Waals surface area (Å²) in [6.45, 7) is 0. The lowest BCUT2D eigenvalue weighted by Gasteiger charge is -2.07. The third-order valence-electron chi connectivity index (χ3n) is 1.63. The van der Waals surface area contributed by atoms with Gasteiger partial charge in [0.15, 0.2) is 0 Å². The largest absolute Gasteiger partial charge is 0.183 e. The number of hydrogen-bond acceptors (Lipinski definition) is 28. The Morgan fingerprint density at radius 1 is 0.286 bits per heavy atom. The van der Waals surface area contributed by atoms with Crippen LogP contribution < -0.4 is 0 Å². The zero-order valence-electron chi connectivity index (χ0n) is 21.0. The highest BCUT2D eigenvalue weighted by atomic mass is 32.1. The Morgan fingerprint density at radius 3 is 0.776 bits per heavy atom. The van der Waals surface area contributed by atoms with Gasteiger partial charge in [-0.2, -0.15) is 5.53 Å². The molecule has 0 spiro atoms. The fraction of sp³-hybridized carbons (Fsp3) is 0. The number of hydrogen-bond donors (Lipinski definition) is 3. The molecule has 0 bridgehead atoms. The molecule has 0 radical (unpaired) electrons. The average molecular weight is 773 g/mol. The second kappa shape index (κ2) is 41.2. The second-order valence-electron chi connectivity index (χ2n) is 3.79. The maximum Gasteiger partial charge on any atom is 0.0559 e. The van der Waals surface area contributed by atoms with Gasteiger partial charge in [-0.3, -0.25) is 0 Å². The van der Waals surface area contributed by atoms with Gasteiger partial charge in [0.25, 0.3) is 0 Å². The normalized spacial score (nSPS) is 13.1. The first-order valence-electron chi connectivity index (χ1n) is 8.82. The lowest BCUT2D eigenvalue weighted by atomic mass is 12.3. The SMILES string of the molecule is N=N/N=N/N=N/N=N/N=N/N=N/N=N/N=N/N=N/N=N/N=N/N(OOOOOOOOOOOOS)OOOOOOOOOOOOS. The Balaban J connectivity index is 4.40. The van der Waals surface area contributed by atoms with Crippen molar-refractivity contribution >= 4 is 25.8 Å². The van der Waals surface area contributed by atoms with Gasteiger partial charge >= 0.3 is 0 Å². The summed E-state index contributed by atoms with van der Waals surface area (Å²) in [6, 6.07) is 0. The van der Waals surface area contributed by atoms with Gasteiger partial charge in [0.05, 0.1) is 5.34 Å². The molecule has 0 amide bonds. The van der Waals surface area contributed by atoms with Crippen LogP contribution >= 0.6 is 25.8 Å². The van der Waals surface area contributed by atoms with Gasteiger partial charge < -0.3 is 0 Å². The first-order valence-corrected chi connectivity index (χ1v) is 9.55. The quantitative estimate of drug-likeness (QED) is 0.0208. The van der Waals surface area contributed by atoms with E-state index < -0.39 is 0 Å². The van der Waals surface area contributed by atoms with E-state index in [0.717, 1.165) is 0 Å². The van der Waals surface area contributed by atoms with Crippen molar-refractivity contribution in [3.63, 3.8) is 0 Å². The molecule has 0 aromatic heterocycles. The summed E-state index contributed by atoms with van der Waals surface area (Å²) in [4.78, 5) is 8.10. The third kappa shape index (κ3) is 39.2. The Kier molecular flexibility index (Phi) is 37.1. The minimum Gasteiger partial charge on any atom is -0.183 e. The van der Waals surface area contributed by atoms with Crippen LogP contribution in [-0.4, -0.2) is 5.34 Å². The molecule has 49 heavy (non-hydrogen) atoms. The van der Waals surface area contributed by atoms with Crippen molar-refractivity contribution in [3.8, 4) is 0 Å². The van der Waals surface area contributed by atoms with Gasteiger partial charge in [0.2, 0.25) is 0 Å². The summed E-state index contributed by atoms with van der Waals surface area (Å²) >= 11 is 6.14. The maximum atomic E-state index is 6.25. The third-order valence-corrected chi connectivity index (χ3v) is 1.75. The van der Waals surface area contributed by atoms with Crippen LogP contribution in [0.3, 0.4) is 0 Å². The first-order chi connectivity index (χ1) is 24.3. The standard InChI is InChI=1S/H3N23O24S2/c1-2-3-4-5-6-7-8-9-10-11-12-13-14-15-16-17-18-19-20-21-22-23(24-26-28-30-32-34-36-38-40-42-44-46-48)25-27-29-31-33-35-37-39-41-43-45-47-49/h1,48-49H/b2-1?,4-3+,6-5+,8-7+,10-9+,12-11+,14-13+,16-15+,18-17+,20-19+,22-21+. The van der Waals surface area contributed by atoms with Gasteiger partial charge in [-0.25, -0.2) is 0 Å². The van der Waals surface area contributed by atoms with E-state index in [1.54, 1.807) is 0 Å². The zero-order chi connectivity index (χ0) is 35.4. The van der Waals surface area contributed by atoms with Gasteiger partial charge in [0, 0.05) is 93.7 Å². The van der Waals surface area contributed by atoms with Gasteiger partial charge in [-0.1, -0.05) is 0 Å². The molecule has 47 nitrogen and oxygen atoms in total. The van der Waals surface area contributed by atoms with Crippen LogP contribution in [0.4, 0.5) is 0 Å². The molecule has 0 aliphatic rings. The summed E-state index contributed by atoms with van der Waals surface area (Å²) in [7, 11) is 0. The van der Waals surface area contributed by atoms with E-state index in [4.69, 9.17) is 5.53 Å². The highest BCUT2D eigenvalue weighted by Gasteiger charge is 2.10. The van der Waals surface area contributed by atoms with Crippen molar-refractivity contribution in [2.75, 3.05) is 0 Å². The molecule has 0 fully saturated rings. The number of nitrogens with zero attached hydrogens (tertiary/aromatic N) is 22. The first kappa shape index (κ1) is 44.1. The summed E-state index contributed by atoms with van der Waals surface area (Å²) in [6.07, 6.45) is 0. The van der Waals surface area contributed by atoms with Gasteiger partial charge in [-0.15, -0.1) is 8.67 Å². The molecular formula is H3N23O24S2. The van der Waals surface area contributed by atoms with Crippen molar-refractivity contribution in [2.45, 2.75) is 0 Å². The van der Waals surface area contributed by atoms with E-state index in [1.807, 2.05) is 0 Å². The summed E-state index contributed by atoms with van der Waals surface area (Å²) < 4.78 is 7.20. The van der Waals surface area contributed by atoms with E-state index in [1.165, 1.54) is 0 Å². The predicted octanol–water partition coefficient (Wildman–Crippen LogP) is 2.95. The number of thiol groups is 2. The molecule has 0 unspecified atom stereocenters. The molecule has 0 aromatic carbocycles. The fourth-order valence-electron chi connectivity index (χ4n) is 0.700. The Hall–Kier alpha value is -4.86. The fourth-order valence-corrected chi connectivity index (χ4v) is 0.750. The molecule has 0 aromatic rings. The highest BCUT2D eigenvalue weighted by molar-refractivity contribution is 7.75. The van der Waals surface area contributed by atoms with Crippen LogP contribution in [0.1, 0.15) is 0 Å². The second-order valence-corrected chi connectivity index (χ2v) is 4.08. The Labute approximate surface area is 266 Å². The van der Waals surface area contributed by atoms with E-state index in [9.17, 15) is 0 Å².